The lowest BCUT2D eigenvalue weighted by Gasteiger charge is -2.15. The van der Waals surface area contributed by atoms with Crippen molar-refractivity contribution in [2.75, 3.05) is 12.9 Å². The second-order valence-corrected chi connectivity index (χ2v) is 5.04. The minimum Gasteiger partial charge on any atom is -0.313 e. The summed E-state index contributed by atoms with van der Waals surface area (Å²) in [6.45, 7) is 4.50. The van der Waals surface area contributed by atoms with E-state index in [1.54, 1.807) is 0 Å². The molecule has 0 radical (unpaired) electrons. The summed E-state index contributed by atoms with van der Waals surface area (Å²) < 4.78 is 0. The van der Waals surface area contributed by atoms with Gasteiger partial charge >= 0.3 is 0 Å². The van der Waals surface area contributed by atoms with Crippen LogP contribution in [0.15, 0.2) is 24.3 Å². The van der Waals surface area contributed by atoms with Crippen molar-refractivity contribution in [3.63, 3.8) is 0 Å². The van der Waals surface area contributed by atoms with Crippen molar-refractivity contribution in [3.05, 3.63) is 35.4 Å². The molecule has 2 heteroatoms. The Morgan fingerprint density at radius 3 is 2.25 bits per heavy atom. The Morgan fingerprint density at radius 1 is 1.19 bits per heavy atom. The van der Waals surface area contributed by atoms with Crippen molar-refractivity contribution >= 4 is 11.6 Å². The molecule has 1 aromatic rings. The third-order valence-electron chi connectivity index (χ3n) is 2.77. The zero-order valence-corrected chi connectivity index (χ0v) is 11.2. The molecular weight excluding hydrogens is 218 g/mol. The van der Waals surface area contributed by atoms with Gasteiger partial charge in [-0.2, -0.15) is 0 Å². The average Bonchev–Trinajstić information content (AvgIpc) is 2.26. The van der Waals surface area contributed by atoms with Gasteiger partial charge in [0.15, 0.2) is 0 Å². The Kier molecular flexibility index (Phi) is 5.86. The summed E-state index contributed by atoms with van der Waals surface area (Å²) in [5.41, 5.74) is 2.75. The number of halogens is 1. The molecule has 1 unspecified atom stereocenters. The van der Waals surface area contributed by atoms with Gasteiger partial charge in [0.1, 0.15) is 0 Å². The van der Waals surface area contributed by atoms with E-state index in [0.29, 0.717) is 17.8 Å². The first kappa shape index (κ1) is 13.5. The van der Waals surface area contributed by atoms with Crippen molar-refractivity contribution in [3.8, 4) is 0 Å². The highest BCUT2D eigenvalue weighted by Gasteiger charge is 2.08. The van der Waals surface area contributed by atoms with Crippen LogP contribution < -0.4 is 5.32 Å². The Morgan fingerprint density at radius 2 is 1.81 bits per heavy atom. The van der Waals surface area contributed by atoms with Gasteiger partial charge in [-0.15, -0.1) is 11.6 Å². The Labute approximate surface area is 104 Å². The first-order valence-corrected chi connectivity index (χ1v) is 6.53. The van der Waals surface area contributed by atoms with Crippen molar-refractivity contribution in [1.82, 2.24) is 5.32 Å². The van der Waals surface area contributed by atoms with Crippen molar-refractivity contribution in [1.29, 1.82) is 0 Å². The zero-order chi connectivity index (χ0) is 12.0. The maximum absolute atomic E-state index is 5.79. The molecule has 1 N–H and O–H groups in total. The standard InChI is InChI=1S/C14H22ClN/c1-11(2)10-12-4-6-13(7-5-12)14(16-3)8-9-15/h4-7,11,14,16H,8-10H2,1-3H3. The second-order valence-electron chi connectivity index (χ2n) is 4.66. The van der Waals surface area contributed by atoms with Crippen LogP contribution in [0.25, 0.3) is 0 Å². The third kappa shape index (κ3) is 4.15. The van der Waals surface area contributed by atoms with E-state index < -0.39 is 0 Å². The molecule has 0 heterocycles. The van der Waals surface area contributed by atoms with Gasteiger partial charge in [-0.3, -0.25) is 0 Å². The minimum absolute atomic E-state index is 0.380. The van der Waals surface area contributed by atoms with Crippen LogP contribution >= 0.6 is 11.6 Å². The fraction of sp³-hybridized carbons (Fsp3) is 0.571. The zero-order valence-electron chi connectivity index (χ0n) is 10.5. The number of hydrogen-bond acceptors (Lipinski definition) is 1. The molecule has 1 atom stereocenters. The molecule has 0 aliphatic rings. The first-order chi connectivity index (χ1) is 7.67. The van der Waals surface area contributed by atoms with Gasteiger partial charge in [0.05, 0.1) is 0 Å². The van der Waals surface area contributed by atoms with Gasteiger partial charge in [0.2, 0.25) is 0 Å². The van der Waals surface area contributed by atoms with E-state index in [-0.39, 0.29) is 0 Å². The molecule has 16 heavy (non-hydrogen) atoms. The van der Waals surface area contributed by atoms with E-state index in [1.807, 2.05) is 7.05 Å². The molecule has 0 aliphatic heterocycles. The fourth-order valence-corrected chi connectivity index (χ4v) is 2.16. The lowest BCUT2D eigenvalue weighted by Crippen LogP contribution is -2.16. The predicted octanol–water partition coefficient (Wildman–Crippen LogP) is 3.77. The molecule has 1 aromatic carbocycles. The molecule has 0 aliphatic carbocycles. The largest absolute Gasteiger partial charge is 0.313 e. The van der Waals surface area contributed by atoms with Crippen LogP contribution in [-0.2, 0) is 6.42 Å². The van der Waals surface area contributed by atoms with Gasteiger partial charge in [-0.05, 0) is 36.9 Å². The van der Waals surface area contributed by atoms with Gasteiger partial charge in [0.25, 0.3) is 0 Å². The molecule has 0 saturated heterocycles. The van der Waals surface area contributed by atoms with Crippen LogP contribution in [0.4, 0.5) is 0 Å². The maximum Gasteiger partial charge on any atom is 0.0328 e. The van der Waals surface area contributed by atoms with Crippen LogP contribution in [0.3, 0.4) is 0 Å². The minimum atomic E-state index is 0.380. The molecule has 0 aromatic heterocycles. The molecule has 1 rings (SSSR count). The second kappa shape index (κ2) is 6.93. The Balaban J connectivity index is 2.69. The topological polar surface area (TPSA) is 12.0 Å². The molecule has 0 fully saturated rings. The molecule has 0 amide bonds. The summed E-state index contributed by atoms with van der Waals surface area (Å²) in [6, 6.07) is 9.27. The summed E-state index contributed by atoms with van der Waals surface area (Å²) in [6.07, 6.45) is 2.13. The smallest absolute Gasteiger partial charge is 0.0328 e. The lowest BCUT2D eigenvalue weighted by atomic mass is 9.98. The number of alkyl halides is 1. The molecule has 0 bridgehead atoms. The number of rotatable bonds is 6. The number of hydrogen-bond donors (Lipinski definition) is 1. The van der Waals surface area contributed by atoms with Gasteiger partial charge in [-0.25, -0.2) is 0 Å². The van der Waals surface area contributed by atoms with E-state index in [0.717, 1.165) is 12.8 Å². The van der Waals surface area contributed by atoms with Crippen LogP contribution in [0.1, 0.15) is 37.4 Å². The average molecular weight is 240 g/mol. The Bertz CT molecular complexity index is 292. The van der Waals surface area contributed by atoms with E-state index in [2.05, 4.69) is 43.4 Å². The highest BCUT2D eigenvalue weighted by molar-refractivity contribution is 6.17. The van der Waals surface area contributed by atoms with Crippen LogP contribution in [-0.4, -0.2) is 12.9 Å². The number of nitrogens with one attached hydrogen (secondary N) is 1. The summed E-state index contributed by atoms with van der Waals surface area (Å²) in [5, 5.41) is 3.30. The van der Waals surface area contributed by atoms with Gasteiger partial charge in [0, 0.05) is 11.9 Å². The molecule has 0 saturated carbocycles. The van der Waals surface area contributed by atoms with Gasteiger partial charge in [-0.1, -0.05) is 38.1 Å². The molecule has 1 nitrogen and oxygen atoms in total. The summed E-state index contributed by atoms with van der Waals surface area (Å²) in [7, 11) is 1.99. The van der Waals surface area contributed by atoms with E-state index in [1.165, 1.54) is 11.1 Å². The lowest BCUT2D eigenvalue weighted by molar-refractivity contribution is 0.579. The van der Waals surface area contributed by atoms with Crippen molar-refractivity contribution in [2.24, 2.45) is 5.92 Å². The van der Waals surface area contributed by atoms with E-state index >= 15 is 0 Å². The molecule has 0 spiro atoms. The fourth-order valence-electron chi connectivity index (χ4n) is 1.94. The van der Waals surface area contributed by atoms with Crippen LogP contribution in [0.2, 0.25) is 0 Å². The van der Waals surface area contributed by atoms with E-state index in [4.69, 9.17) is 11.6 Å². The van der Waals surface area contributed by atoms with E-state index in [9.17, 15) is 0 Å². The summed E-state index contributed by atoms with van der Waals surface area (Å²) in [5.74, 6) is 1.41. The first-order valence-electron chi connectivity index (χ1n) is 5.99. The number of benzene rings is 1. The van der Waals surface area contributed by atoms with Crippen LogP contribution in [0.5, 0.6) is 0 Å². The normalized spacial score (nSPS) is 13.1. The quantitative estimate of drug-likeness (QED) is 0.746. The van der Waals surface area contributed by atoms with Crippen LogP contribution in [0, 0.1) is 5.92 Å². The highest BCUT2D eigenvalue weighted by Crippen LogP contribution is 2.18. The third-order valence-corrected chi connectivity index (χ3v) is 2.99. The Hall–Kier alpha value is -0.530. The summed E-state index contributed by atoms with van der Waals surface area (Å²) in [4.78, 5) is 0. The molecule has 90 valence electrons. The van der Waals surface area contributed by atoms with Gasteiger partial charge < -0.3 is 5.32 Å². The van der Waals surface area contributed by atoms with Crippen molar-refractivity contribution < 1.29 is 0 Å². The monoisotopic (exact) mass is 239 g/mol. The maximum atomic E-state index is 5.79. The summed E-state index contributed by atoms with van der Waals surface area (Å²) >= 11 is 5.79. The SMILES string of the molecule is CNC(CCCl)c1ccc(CC(C)C)cc1. The van der Waals surface area contributed by atoms with Crippen molar-refractivity contribution in [2.45, 2.75) is 32.7 Å². The molecular formula is C14H22ClN. The highest BCUT2D eigenvalue weighted by atomic mass is 35.5. The predicted molar refractivity (Wildman–Crippen MR) is 72.1 cm³/mol.